The van der Waals surface area contributed by atoms with Crippen molar-refractivity contribution in [3.05, 3.63) is 24.3 Å². The Hall–Kier alpha value is -1.71. The summed E-state index contributed by atoms with van der Waals surface area (Å²) in [4.78, 5) is 14.7. The zero-order chi connectivity index (χ0) is 16.7. The van der Waals surface area contributed by atoms with Crippen LogP contribution in [0.15, 0.2) is 24.3 Å². The molecule has 0 aromatic heterocycles. The van der Waals surface area contributed by atoms with Crippen LogP contribution in [0.4, 0.5) is 0 Å². The van der Waals surface area contributed by atoms with Crippen LogP contribution in [0.25, 0.3) is 0 Å². The molecule has 0 radical (unpaired) electrons. The van der Waals surface area contributed by atoms with E-state index in [0.717, 1.165) is 19.4 Å². The molecule has 1 aromatic rings. The highest BCUT2D eigenvalue weighted by Gasteiger charge is 2.50. The van der Waals surface area contributed by atoms with Crippen molar-refractivity contribution in [1.29, 1.82) is 0 Å². The quantitative estimate of drug-likeness (QED) is 0.853. The Balaban J connectivity index is 1.65. The van der Waals surface area contributed by atoms with Crippen molar-refractivity contribution < 1.29 is 14.3 Å². The van der Waals surface area contributed by atoms with Crippen LogP contribution in [-0.2, 0) is 4.79 Å². The zero-order valence-electron chi connectivity index (χ0n) is 14.6. The van der Waals surface area contributed by atoms with Crippen LogP contribution >= 0.6 is 0 Å². The van der Waals surface area contributed by atoms with Gasteiger partial charge in [0.25, 0.3) is 5.91 Å². The second-order valence-corrected chi connectivity index (χ2v) is 8.17. The van der Waals surface area contributed by atoms with Gasteiger partial charge in [0.15, 0.2) is 18.1 Å². The van der Waals surface area contributed by atoms with Gasteiger partial charge < -0.3 is 14.4 Å². The number of carbonyl (C=O) groups excluding carboxylic acids is 1. The van der Waals surface area contributed by atoms with Crippen molar-refractivity contribution in [1.82, 2.24) is 4.90 Å². The summed E-state index contributed by atoms with van der Waals surface area (Å²) in [6.45, 7) is 7.88. The lowest BCUT2D eigenvalue weighted by molar-refractivity contribution is -0.134. The van der Waals surface area contributed by atoms with Crippen LogP contribution < -0.4 is 9.47 Å². The van der Waals surface area contributed by atoms with Crippen molar-refractivity contribution in [3.63, 3.8) is 0 Å². The largest absolute Gasteiger partial charge is 0.493 e. The number of hydrogen-bond donors (Lipinski definition) is 0. The first kappa shape index (κ1) is 16.2. The Morgan fingerprint density at radius 2 is 1.91 bits per heavy atom. The van der Waals surface area contributed by atoms with E-state index in [4.69, 9.17) is 9.47 Å². The topological polar surface area (TPSA) is 38.8 Å². The Labute approximate surface area is 138 Å². The van der Waals surface area contributed by atoms with Crippen LogP contribution in [0, 0.1) is 10.8 Å². The maximum atomic E-state index is 12.7. The fourth-order valence-corrected chi connectivity index (χ4v) is 4.71. The molecule has 2 aliphatic rings. The fourth-order valence-electron chi connectivity index (χ4n) is 4.71. The standard InChI is InChI=1S/C19H27NO3/c1-18(2)9-14-10-19(3,12-18)13-20(14)17(21)11-23-16-8-6-5-7-15(16)22-4/h5-8,14H,9-13H2,1-4H3/t14-,19-/m0/s1. The van der Waals surface area contributed by atoms with Gasteiger partial charge in [0, 0.05) is 12.6 Å². The van der Waals surface area contributed by atoms with Crippen LogP contribution in [0.1, 0.15) is 40.0 Å². The highest BCUT2D eigenvalue weighted by Crippen LogP contribution is 2.52. The number of methoxy groups -OCH3 is 1. The molecular weight excluding hydrogens is 290 g/mol. The van der Waals surface area contributed by atoms with Crippen molar-refractivity contribution in [2.45, 2.75) is 46.1 Å². The van der Waals surface area contributed by atoms with Gasteiger partial charge >= 0.3 is 0 Å². The Bertz CT molecular complexity index is 598. The smallest absolute Gasteiger partial charge is 0.260 e. The molecule has 4 nitrogen and oxygen atoms in total. The summed E-state index contributed by atoms with van der Waals surface area (Å²) in [6.07, 6.45) is 3.40. The average molecular weight is 317 g/mol. The predicted octanol–water partition coefficient (Wildman–Crippen LogP) is 3.50. The summed E-state index contributed by atoms with van der Waals surface area (Å²) in [7, 11) is 1.61. The molecule has 1 saturated carbocycles. The molecule has 0 unspecified atom stereocenters. The van der Waals surface area contributed by atoms with Crippen molar-refractivity contribution in [2.24, 2.45) is 10.8 Å². The van der Waals surface area contributed by atoms with Crippen LogP contribution in [0.3, 0.4) is 0 Å². The number of amides is 1. The van der Waals surface area contributed by atoms with E-state index in [1.54, 1.807) is 7.11 Å². The van der Waals surface area contributed by atoms with E-state index < -0.39 is 0 Å². The van der Waals surface area contributed by atoms with E-state index in [0.29, 0.717) is 23.0 Å². The zero-order valence-corrected chi connectivity index (χ0v) is 14.6. The molecule has 2 atom stereocenters. The van der Waals surface area contributed by atoms with E-state index >= 15 is 0 Å². The fraction of sp³-hybridized carbons (Fsp3) is 0.632. The molecule has 0 spiro atoms. The van der Waals surface area contributed by atoms with Crippen molar-refractivity contribution in [3.8, 4) is 11.5 Å². The summed E-state index contributed by atoms with van der Waals surface area (Å²) in [5, 5.41) is 0. The van der Waals surface area contributed by atoms with Crippen molar-refractivity contribution in [2.75, 3.05) is 20.3 Å². The van der Waals surface area contributed by atoms with Gasteiger partial charge in [-0.3, -0.25) is 4.79 Å². The normalized spacial score (nSPS) is 28.5. The summed E-state index contributed by atoms with van der Waals surface area (Å²) in [5.74, 6) is 1.37. The van der Waals surface area contributed by atoms with E-state index in [1.807, 2.05) is 29.2 Å². The number of nitrogens with zero attached hydrogens (tertiary/aromatic N) is 1. The number of benzene rings is 1. The molecule has 126 valence electrons. The first-order valence-corrected chi connectivity index (χ1v) is 8.37. The highest BCUT2D eigenvalue weighted by molar-refractivity contribution is 5.78. The van der Waals surface area contributed by atoms with Gasteiger partial charge in [0.05, 0.1) is 7.11 Å². The molecule has 1 heterocycles. The van der Waals surface area contributed by atoms with Crippen LogP contribution in [-0.4, -0.2) is 37.1 Å². The van der Waals surface area contributed by atoms with E-state index in [-0.39, 0.29) is 17.9 Å². The van der Waals surface area contributed by atoms with Crippen molar-refractivity contribution >= 4 is 5.91 Å². The molecular formula is C19H27NO3. The number of rotatable bonds is 4. The van der Waals surface area contributed by atoms with E-state index in [1.165, 1.54) is 6.42 Å². The van der Waals surface area contributed by atoms with Gasteiger partial charge in [0.2, 0.25) is 0 Å². The summed E-state index contributed by atoms with van der Waals surface area (Å²) in [6, 6.07) is 7.80. The number of para-hydroxylation sites is 2. The van der Waals surface area contributed by atoms with Gasteiger partial charge in [-0.05, 0) is 42.2 Å². The van der Waals surface area contributed by atoms with E-state index in [2.05, 4.69) is 20.8 Å². The van der Waals surface area contributed by atoms with Crippen LogP contribution in [0.2, 0.25) is 0 Å². The Kier molecular flexibility index (Phi) is 4.03. The number of fused-ring (bicyclic) bond motifs is 2. The lowest BCUT2D eigenvalue weighted by Gasteiger charge is -2.39. The second-order valence-electron chi connectivity index (χ2n) is 8.17. The predicted molar refractivity (Wildman–Crippen MR) is 89.7 cm³/mol. The molecule has 0 N–H and O–H groups in total. The van der Waals surface area contributed by atoms with Gasteiger partial charge in [-0.2, -0.15) is 0 Å². The number of likely N-dealkylation sites (tertiary alicyclic amines) is 1. The molecule has 1 aliphatic carbocycles. The third-order valence-corrected chi connectivity index (χ3v) is 5.16. The third-order valence-electron chi connectivity index (χ3n) is 5.16. The lowest BCUT2D eigenvalue weighted by atomic mass is 9.65. The minimum Gasteiger partial charge on any atom is -0.493 e. The molecule has 2 fully saturated rings. The molecule has 1 amide bonds. The van der Waals surface area contributed by atoms with Gasteiger partial charge in [-0.1, -0.05) is 32.9 Å². The monoisotopic (exact) mass is 317 g/mol. The number of carbonyl (C=O) groups is 1. The lowest BCUT2D eigenvalue weighted by Crippen LogP contribution is -2.40. The summed E-state index contributed by atoms with van der Waals surface area (Å²) < 4.78 is 11.0. The first-order valence-electron chi connectivity index (χ1n) is 8.37. The van der Waals surface area contributed by atoms with Gasteiger partial charge in [0.1, 0.15) is 0 Å². The molecule has 4 heteroatoms. The van der Waals surface area contributed by atoms with E-state index in [9.17, 15) is 4.79 Å². The first-order chi connectivity index (χ1) is 10.8. The second kappa shape index (κ2) is 5.73. The molecule has 1 saturated heterocycles. The molecule has 3 rings (SSSR count). The number of ether oxygens (including phenoxy) is 2. The third kappa shape index (κ3) is 3.31. The summed E-state index contributed by atoms with van der Waals surface area (Å²) >= 11 is 0. The summed E-state index contributed by atoms with van der Waals surface area (Å²) in [5.41, 5.74) is 0.572. The minimum absolute atomic E-state index is 0.0768. The SMILES string of the molecule is COc1ccccc1OCC(=O)N1C[C@@]2(C)C[C@@H]1CC(C)(C)C2. The Morgan fingerprint density at radius 1 is 1.22 bits per heavy atom. The van der Waals surface area contributed by atoms with Gasteiger partial charge in [-0.25, -0.2) is 0 Å². The maximum Gasteiger partial charge on any atom is 0.260 e. The molecule has 1 aliphatic heterocycles. The number of hydrogen-bond acceptors (Lipinski definition) is 3. The minimum atomic E-state index is 0.0768. The molecule has 2 bridgehead atoms. The average Bonchev–Trinajstić information content (AvgIpc) is 2.74. The van der Waals surface area contributed by atoms with Gasteiger partial charge in [-0.15, -0.1) is 0 Å². The Morgan fingerprint density at radius 3 is 2.61 bits per heavy atom. The molecule has 1 aromatic carbocycles. The van der Waals surface area contributed by atoms with Crippen LogP contribution in [0.5, 0.6) is 11.5 Å². The highest BCUT2D eigenvalue weighted by atomic mass is 16.5. The maximum absolute atomic E-state index is 12.7. The molecule has 23 heavy (non-hydrogen) atoms.